The molecule has 262 valence electrons. The Labute approximate surface area is 289 Å². The molecule has 0 aliphatic heterocycles. The summed E-state index contributed by atoms with van der Waals surface area (Å²) in [5.41, 5.74) is 0.294. The topological polar surface area (TPSA) is 102 Å². The van der Waals surface area contributed by atoms with Crippen molar-refractivity contribution in [3.8, 4) is 22.6 Å². The van der Waals surface area contributed by atoms with E-state index in [1.807, 2.05) is 30.3 Å². The zero-order chi connectivity index (χ0) is 35.5. The normalized spacial score (nSPS) is 18.3. The van der Waals surface area contributed by atoms with E-state index in [1.165, 1.54) is 48.0 Å². The van der Waals surface area contributed by atoms with Gasteiger partial charge in [-0.1, -0.05) is 60.7 Å². The van der Waals surface area contributed by atoms with E-state index in [0.29, 0.717) is 11.3 Å². The molecule has 3 atom stereocenters. The predicted octanol–water partition coefficient (Wildman–Crippen LogP) is 7.66. The zero-order valence-electron chi connectivity index (χ0n) is 27.6. The van der Waals surface area contributed by atoms with Crippen LogP contribution in [0.3, 0.4) is 0 Å². The number of aliphatic hydroxyl groups is 1. The third kappa shape index (κ3) is 7.28. The molecule has 12 heteroatoms. The van der Waals surface area contributed by atoms with Crippen LogP contribution >= 0.6 is 0 Å². The van der Waals surface area contributed by atoms with Gasteiger partial charge in [0.1, 0.15) is 36.3 Å². The van der Waals surface area contributed by atoms with E-state index in [1.54, 1.807) is 24.3 Å². The van der Waals surface area contributed by atoms with Crippen molar-refractivity contribution in [2.24, 2.45) is 0 Å². The number of alkyl halides is 1. The highest BCUT2D eigenvalue weighted by Crippen LogP contribution is 2.53. The Balaban J connectivity index is 1.36. The van der Waals surface area contributed by atoms with Gasteiger partial charge in [0.15, 0.2) is 11.6 Å². The number of para-hydroxylation sites is 1. The van der Waals surface area contributed by atoms with Gasteiger partial charge >= 0.3 is 0 Å². The summed E-state index contributed by atoms with van der Waals surface area (Å²) in [5.74, 6) is -0.978. The number of methoxy groups -OCH3 is 1. The quantitative estimate of drug-likeness (QED) is 0.134. The molecule has 0 radical (unpaired) electrons. The van der Waals surface area contributed by atoms with Crippen molar-refractivity contribution in [1.82, 2.24) is 9.29 Å². The fourth-order valence-corrected chi connectivity index (χ4v) is 7.79. The molecular weight excluding hydrogens is 669 g/mol. The highest BCUT2D eigenvalue weighted by atomic mass is 32.2. The number of halogens is 3. The Kier molecular flexibility index (Phi) is 10.3. The molecule has 0 saturated heterocycles. The number of hydrogen-bond donors (Lipinski definition) is 1. The molecular formula is C38H37F3N2O6S. The molecule has 0 amide bonds. The molecule has 1 aliphatic carbocycles. The van der Waals surface area contributed by atoms with Crippen LogP contribution in [0, 0.1) is 11.6 Å². The van der Waals surface area contributed by atoms with Crippen LogP contribution in [-0.2, 0) is 35.2 Å². The average Bonchev–Trinajstić information content (AvgIpc) is 3.79. The molecule has 1 fully saturated rings. The van der Waals surface area contributed by atoms with Gasteiger partial charge in [-0.15, -0.1) is 0 Å². The molecule has 0 unspecified atom stereocenters. The van der Waals surface area contributed by atoms with E-state index >= 15 is 13.2 Å². The van der Waals surface area contributed by atoms with Crippen molar-refractivity contribution in [2.75, 3.05) is 13.4 Å². The first kappa shape index (κ1) is 35.2. The third-order valence-electron chi connectivity index (χ3n) is 9.25. The number of benzene rings is 4. The van der Waals surface area contributed by atoms with Gasteiger partial charge in [0.25, 0.3) is 0 Å². The van der Waals surface area contributed by atoms with Gasteiger partial charge in [0.05, 0.1) is 25.4 Å². The van der Waals surface area contributed by atoms with Crippen LogP contribution in [0.25, 0.3) is 11.1 Å². The van der Waals surface area contributed by atoms with Crippen LogP contribution in [0.5, 0.6) is 11.5 Å². The zero-order valence-corrected chi connectivity index (χ0v) is 28.4. The standard InChI is InChI=1S/C38H37F3N2O6S/c1-47-30-14-11-25(12-15-30)21-43(50(2,45)46)29-17-18-38(20-29,37-42-28(22-44)24-49-37)36(41)27-13-16-33(39)32(19-27)31-9-6-10-34(40)35(31)48-23-26-7-4-3-5-8-26/h3-16,19,24,29,36,44H,17-18,20-23H2,1-2H3/t29-,36+,38-/m0/s1. The lowest BCUT2D eigenvalue weighted by molar-refractivity contribution is 0.147. The second-order valence-corrected chi connectivity index (χ2v) is 14.4. The summed E-state index contributed by atoms with van der Waals surface area (Å²) in [7, 11) is -2.24. The first-order valence-corrected chi connectivity index (χ1v) is 17.9. The summed E-state index contributed by atoms with van der Waals surface area (Å²) >= 11 is 0. The molecule has 1 saturated carbocycles. The molecule has 1 N–H and O–H groups in total. The maximum Gasteiger partial charge on any atom is 0.211 e. The van der Waals surface area contributed by atoms with E-state index in [0.717, 1.165) is 17.9 Å². The molecule has 1 aromatic heterocycles. The second kappa shape index (κ2) is 14.7. The van der Waals surface area contributed by atoms with Gasteiger partial charge in [0, 0.05) is 23.7 Å². The number of ether oxygens (including phenoxy) is 2. The van der Waals surface area contributed by atoms with E-state index in [2.05, 4.69) is 4.98 Å². The SMILES string of the molecule is COc1ccc(CN([C@H]2CC[C@@](c3nc(CO)co3)([C@H](F)c3ccc(F)c(-c4cccc(F)c4OCc4ccccc4)c3)C2)S(C)(=O)=O)cc1. The highest BCUT2D eigenvalue weighted by Gasteiger charge is 2.53. The highest BCUT2D eigenvalue weighted by molar-refractivity contribution is 7.88. The van der Waals surface area contributed by atoms with Crippen molar-refractivity contribution in [1.29, 1.82) is 0 Å². The first-order chi connectivity index (χ1) is 24.0. The van der Waals surface area contributed by atoms with Gasteiger partial charge in [-0.05, 0) is 66.3 Å². The number of hydrogen-bond acceptors (Lipinski definition) is 7. The number of aromatic nitrogens is 1. The lowest BCUT2D eigenvalue weighted by Crippen LogP contribution is -2.40. The summed E-state index contributed by atoms with van der Waals surface area (Å²) in [6.07, 6.45) is 0.887. The van der Waals surface area contributed by atoms with Crippen LogP contribution < -0.4 is 9.47 Å². The van der Waals surface area contributed by atoms with E-state index < -0.39 is 45.9 Å². The fraction of sp³-hybridized carbons (Fsp3) is 0.289. The molecule has 6 rings (SSSR count). The Morgan fingerprint density at radius 1 is 0.980 bits per heavy atom. The van der Waals surface area contributed by atoms with Crippen LogP contribution in [0.1, 0.15) is 53.7 Å². The molecule has 5 aromatic rings. The summed E-state index contributed by atoms with van der Waals surface area (Å²) in [4.78, 5) is 4.38. The largest absolute Gasteiger partial charge is 0.497 e. The number of nitrogens with zero attached hydrogens (tertiary/aromatic N) is 2. The summed E-state index contributed by atoms with van der Waals surface area (Å²) < 4.78 is 92.6. The third-order valence-corrected chi connectivity index (χ3v) is 10.5. The van der Waals surface area contributed by atoms with Crippen LogP contribution in [0.2, 0.25) is 0 Å². The Hall–Kier alpha value is -4.65. The van der Waals surface area contributed by atoms with E-state index in [9.17, 15) is 13.5 Å². The Morgan fingerprint density at radius 3 is 2.42 bits per heavy atom. The molecule has 1 heterocycles. The number of rotatable bonds is 13. The molecule has 1 aliphatic rings. The molecule has 0 spiro atoms. The van der Waals surface area contributed by atoms with Crippen molar-refractivity contribution in [3.63, 3.8) is 0 Å². The lowest BCUT2D eigenvalue weighted by Gasteiger charge is -2.32. The van der Waals surface area contributed by atoms with Crippen LogP contribution in [0.15, 0.2) is 102 Å². The maximum atomic E-state index is 17.3. The van der Waals surface area contributed by atoms with Crippen molar-refractivity contribution in [2.45, 2.75) is 56.6 Å². The number of sulfonamides is 1. The molecule has 0 bridgehead atoms. The summed E-state index contributed by atoms with van der Waals surface area (Å²) in [6.45, 7) is -0.379. The number of oxazole rings is 1. The minimum absolute atomic E-state index is 0.00189. The van der Waals surface area contributed by atoms with Gasteiger partial charge < -0.3 is 19.0 Å². The average molecular weight is 707 g/mol. The van der Waals surface area contributed by atoms with E-state index in [4.69, 9.17) is 13.9 Å². The maximum absolute atomic E-state index is 17.3. The van der Waals surface area contributed by atoms with E-state index in [-0.39, 0.29) is 66.4 Å². The monoisotopic (exact) mass is 706 g/mol. The van der Waals surface area contributed by atoms with Gasteiger partial charge in [-0.2, -0.15) is 4.31 Å². The smallest absolute Gasteiger partial charge is 0.211 e. The molecule has 8 nitrogen and oxygen atoms in total. The number of aliphatic hydroxyl groups excluding tert-OH is 1. The summed E-state index contributed by atoms with van der Waals surface area (Å²) in [6, 6.07) is 23.4. The minimum Gasteiger partial charge on any atom is -0.497 e. The van der Waals surface area contributed by atoms with Crippen LogP contribution in [0.4, 0.5) is 13.2 Å². The predicted molar refractivity (Wildman–Crippen MR) is 182 cm³/mol. The fourth-order valence-electron chi connectivity index (χ4n) is 6.69. The Bertz CT molecular complexity index is 2040. The first-order valence-electron chi connectivity index (χ1n) is 16.1. The Morgan fingerprint density at radius 2 is 1.74 bits per heavy atom. The molecule has 50 heavy (non-hydrogen) atoms. The minimum atomic E-state index is -3.78. The molecule has 4 aromatic carbocycles. The van der Waals surface area contributed by atoms with Crippen molar-refractivity contribution >= 4 is 10.0 Å². The van der Waals surface area contributed by atoms with Crippen molar-refractivity contribution in [3.05, 3.63) is 137 Å². The second-order valence-electron chi connectivity index (χ2n) is 12.5. The lowest BCUT2D eigenvalue weighted by atomic mass is 9.77. The van der Waals surface area contributed by atoms with Crippen molar-refractivity contribution < 1.29 is 40.6 Å². The summed E-state index contributed by atoms with van der Waals surface area (Å²) in [5, 5.41) is 9.74. The van der Waals surface area contributed by atoms with Gasteiger partial charge in [0.2, 0.25) is 15.9 Å². The van der Waals surface area contributed by atoms with Gasteiger partial charge in [-0.3, -0.25) is 0 Å². The van der Waals surface area contributed by atoms with Crippen LogP contribution in [-0.4, -0.2) is 42.2 Å². The van der Waals surface area contributed by atoms with Gasteiger partial charge in [-0.25, -0.2) is 26.6 Å².